The first-order chi connectivity index (χ1) is 13.3. The van der Waals surface area contributed by atoms with Crippen LogP contribution in [-0.4, -0.2) is 14.3 Å². The van der Waals surface area contributed by atoms with Crippen LogP contribution < -0.4 is 10.0 Å². The van der Waals surface area contributed by atoms with Gasteiger partial charge in [0.15, 0.2) is 0 Å². The molecule has 3 rings (SSSR count). The van der Waals surface area contributed by atoms with Crippen molar-refractivity contribution in [1.82, 2.24) is 0 Å². The van der Waals surface area contributed by atoms with Crippen molar-refractivity contribution in [1.29, 1.82) is 0 Å². The first-order valence-electron chi connectivity index (χ1n) is 8.53. The Morgan fingerprint density at radius 3 is 2.36 bits per heavy atom. The van der Waals surface area contributed by atoms with Crippen LogP contribution in [0.2, 0.25) is 5.02 Å². The van der Waals surface area contributed by atoms with Gasteiger partial charge in [-0.25, -0.2) is 8.42 Å². The van der Waals surface area contributed by atoms with Crippen LogP contribution in [0.5, 0.6) is 0 Å². The zero-order valence-corrected chi connectivity index (χ0v) is 16.9. The summed E-state index contributed by atoms with van der Waals surface area (Å²) < 4.78 is 28.1. The second-order valence-corrected chi connectivity index (χ2v) is 8.38. The number of hydrogen-bond donors (Lipinski definition) is 2. The van der Waals surface area contributed by atoms with Gasteiger partial charge in [-0.1, -0.05) is 41.9 Å². The van der Waals surface area contributed by atoms with E-state index in [1.165, 1.54) is 6.07 Å². The number of aryl methyl sites for hydroxylation is 1. The lowest BCUT2D eigenvalue weighted by atomic mass is 10.1. The van der Waals surface area contributed by atoms with E-state index in [1.54, 1.807) is 74.5 Å². The van der Waals surface area contributed by atoms with Crippen LogP contribution >= 0.6 is 11.6 Å². The van der Waals surface area contributed by atoms with Crippen molar-refractivity contribution < 1.29 is 13.2 Å². The third-order valence-corrected chi connectivity index (χ3v) is 6.21. The van der Waals surface area contributed by atoms with Crippen LogP contribution in [0.15, 0.2) is 71.6 Å². The minimum atomic E-state index is -3.84. The average Bonchev–Trinajstić information content (AvgIpc) is 2.66. The highest BCUT2D eigenvalue weighted by Crippen LogP contribution is 2.25. The summed E-state index contributed by atoms with van der Waals surface area (Å²) in [6, 6.07) is 18.4. The minimum Gasteiger partial charge on any atom is -0.322 e. The summed E-state index contributed by atoms with van der Waals surface area (Å²) in [6.45, 7) is 3.48. The predicted molar refractivity (Wildman–Crippen MR) is 113 cm³/mol. The van der Waals surface area contributed by atoms with Gasteiger partial charge in [-0.3, -0.25) is 9.52 Å². The van der Waals surface area contributed by atoms with Gasteiger partial charge < -0.3 is 5.32 Å². The Kier molecular flexibility index (Phi) is 5.72. The van der Waals surface area contributed by atoms with Crippen molar-refractivity contribution in [3.8, 4) is 0 Å². The van der Waals surface area contributed by atoms with E-state index in [2.05, 4.69) is 10.0 Å². The second-order valence-electron chi connectivity index (χ2n) is 6.32. The Morgan fingerprint density at radius 2 is 1.64 bits per heavy atom. The molecule has 0 saturated heterocycles. The van der Waals surface area contributed by atoms with Crippen molar-refractivity contribution in [3.05, 3.63) is 88.4 Å². The molecule has 2 N–H and O–H groups in total. The maximum absolute atomic E-state index is 12.8. The smallest absolute Gasteiger partial charge is 0.262 e. The molecule has 0 heterocycles. The van der Waals surface area contributed by atoms with E-state index < -0.39 is 15.9 Å². The van der Waals surface area contributed by atoms with Gasteiger partial charge >= 0.3 is 0 Å². The van der Waals surface area contributed by atoms with Crippen LogP contribution in [0.1, 0.15) is 21.5 Å². The molecule has 0 aliphatic carbocycles. The second kappa shape index (κ2) is 8.04. The summed E-state index contributed by atoms with van der Waals surface area (Å²) in [5.41, 5.74) is 2.54. The number of anilines is 2. The first-order valence-corrected chi connectivity index (χ1v) is 10.4. The maximum atomic E-state index is 12.8. The molecule has 0 aliphatic heterocycles. The summed E-state index contributed by atoms with van der Waals surface area (Å²) in [4.78, 5) is 12.7. The number of carbonyl (C=O) groups is 1. The average molecular weight is 415 g/mol. The third-order valence-electron chi connectivity index (χ3n) is 4.28. The molecule has 7 heteroatoms. The highest BCUT2D eigenvalue weighted by atomic mass is 35.5. The van der Waals surface area contributed by atoms with Crippen molar-refractivity contribution in [2.45, 2.75) is 18.7 Å². The number of carbonyl (C=O) groups excluding carboxylic acids is 1. The van der Waals surface area contributed by atoms with Gasteiger partial charge in [0.2, 0.25) is 0 Å². The fraction of sp³-hybridized carbons (Fsp3) is 0.0952. The van der Waals surface area contributed by atoms with Gasteiger partial charge in [0, 0.05) is 22.0 Å². The maximum Gasteiger partial charge on any atom is 0.262 e. The fourth-order valence-electron chi connectivity index (χ4n) is 2.68. The molecule has 0 unspecified atom stereocenters. The van der Waals surface area contributed by atoms with Crippen LogP contribution in [0.25, 0.3) is 0 Å². The third kappa shape index (κ3) is 4.35. The molecule has 28 heavy (non-hydrogen) atoms. The Bertz CT molecular complexity index is 1130. The van der Waals surface area contributed by atoms with Gasteiger partial charge in [-0.2, -0.15) is 0 Å². The van der Waals surface area contributed by atoms with Crippen molar-refractivity contribution in [2.75, 3.05) is 10.0 Å². The van der Waals surface area contributed by atoms with Crippen molar-refractivity contribution in [2.24, 2.45) is 0 Å². The number of hydrogen-bond acceptors (Lipinski definition) is 3. The van der Waals surface area contributed by atoms with Gasteiger partial charge in [-0.15, -0.1) is 0 Å². The predicted octanol–water partition coefficient (Wildman–Crippen LogP) is 5.01. The van der Waals surface area contributed by atoms with E-state index in [9.17, 15) is 13.2 Å². The molecular weight excluding hydrogens is 396 g/mol. The number of benzene rings is 3. The molecule has 0 aromatic heterocycles. The largest absolute Gasteiger partial charge is 0.322 e. The number of para-hydroxylation sites is 1. The van der Waals surface area contributed by atoms with Crippen LogP contribution in [0, 0.1) is 13.8 Å². The normalized spacial score (nSPS) is 11.1. The summed E-state index contributed by atoms with van der Waals surface area (Å²) >= 11 is 6.09. The number of nitrogens with one attached hydrogen (secondary N) is 2. The molecule has 0 fully saturated rings. The quantitative estimate of drug-likeness (QED) is 0.616. The Labute approximate surface area is 169 Å². The van der Waals surface area contributed by atoms with Gasteiger partial charge in [0.1, 0.15) is 0 Å². The van der Waals surface area contributed by atoms with E-state index in [0.717, 1.165) is 5.56 Å². The summed E-state index contributed by atoms with van der Waals surface area (Å²) in [5, 5.41) is 3.32. The first kappa shape index (κ1) is 19.9. The van der Waals surface area contributed by atoms with Gasteiger partial charge in [0.05, 0.1) is 4.90 Å². The molecule has 0 atom stereocenters. The lowest BCUT2D eigenvalue weighted by Crippen LogP contribution is -2.17. The van der Waals surface area contributed by atoms with Gasteiger partial charge in [0.25, 0.3) is 15.9 Å². The van der Waals surface area contributed by atoms with E-state index in [-0.39, 0.29) is 10.5 Å². The highest BCUT2D eigenvalue weighted by Gasteiger charge is 2.19. The SMILES string of the molecule is Cc1ccc(C(=O)Nc2cccc(Cl)c2C)cc1S(=O)(=O)Nc1ccccc1. The lowest BCUT2D eigenvalue weighted by molar-refractivity contribution is 0.102. The topological polar surface area (TPSA) is 75.3 Å². The summed E-state index contributed by atoms with van der Waals surface area (Å²) in [6.07, 6.45) is 0. The fourth-order valence-corrected chi connectivity index (χ4v) is 4.19. The number of halogens is 1. The Hall–Kier alpha value is -2.83. The Morgan fingerprint density at radius 1 is 0.929 bits per heavy atom. The molecule has 1 amide bonds. The monoisotopic (exact) mass is 414 g/mol. The summed E-state index contributed by atoms with van der Waals surface area (Å²) in [7, 11) is -3.84. The Balaban J connectivity index is 1.90. The van der Waals surface area contributed by atoms with E-state index in [4.69, 9.17) is 11.6 Å². The van der Waals surface area contributed by atoms with Gasteiger partial charge in [-0.05, 0) is 61.4 Å². The molecule has 0 radical (unpaired) electrons. The van der Waals surface area contributed by atoms with E-state index in [0.29, 0.717) is 22.0 Å². The molecule has 0 spiro atoms. The number of amides is 1. The molecule has 5 nitrogen and oxygen atoms in total. The standard InChI is InChI=1S/C21H19ClN2O3S/c1-14-11-12-16(21(25)23-19-10-6-9-18(22)15(19)2)13-20(14)28(26,27)24-17-7-4-3-5-8-17/h3-13,24H,1-2H3,(H,23,25). The number of rotatable bonds is 5. The van der Waals surface area contributed by atoms with E-state index >= 15 is 0 Å². The molecule has 3 aromatic rings. The van der Waals surface area contributed by atoms with E-state index in [1.807, 2.05) is 0 Å². The zero-order chi connectivity index (χ0) is 20.3. The molecule has 144 valence electrons. The molecular formula is C21H19ClN2O3S. The van der Waals surface area contributed by atoms with Crippen LogP contribution in [0.3, 0.4) is 0 Å². The molecule has 3 aromatic carbocycles. The van der Waals surface area contributed by atoms with Crippen LogP contribution in [0.4, 0.5) is 11.4 Å². The summed E-state index contributed by atoms with van der Waals surface area (Å²) in [5.74, 6) is -0.415. The minimum absolute atomic E-state index is 0.0480. The van der Waals surface area contributed by atoms with Crippen molar-refractivity contribution >= 4 is 38.9 Å². The highest BCUT2D eigenvalue weighted by molar-refractivity contribution is 7.92. The number of sulfonamides is 1. The molecule has 0 saturated carbocycles. The lowest BCUT2D eigenvalue weighted by Gasteiger charge is -2.13. The molecule has 0 aliphatic rings. The molecule has 0 bridgehead atoms. The van der Waals surface area contributed by atoms with Crippen LogP contribution in [-0.2, 0) is 10.0 Å². The zero-order valence-electron chi connectivity index (χ0n) is 15.4. The van der Waals surface area contributed by atoms with Crippen molar-refractivity contribution in [3.63, 3.8) is 0 Å².